The smallest absolute Gasteiger partial charge is 0.410 e. The van der Waals surface area contributed by atoms with Crippen molar-refractivity contribution in [2.75, 3.05) is 52.4 Å². The molecule has 0 aliphatic rings. The third-order valence-electron chi connectivity index (χ3n) is 6.70. The van der Waals surface area contributed by atoms with Gasteiger partial charge in [-0.15, -0.1) is 0 Å². The van der Waals surface area contributed by atoms with E-state index in [0.29, 0.717) is 52.1 Å². The van der Waals surface area contributed by atoms with Crippen molar-refractivity contribution in [1.29, 1.82) is 0 Å². The number of hydrogen-bond donors (Lipinski definition) is 0. The molecule has 0 fully saturated rings. The van der Waals surface area contributed by atoms with Crippen LogP contribution in [0, 0.1) is 0 Å². The average Bonchev–Trinajstić information content (AvgIpc) is 2.92. The second kappa shape index (κ2) is 21.9. The number of nitrogens with zero attached hydrogens (tertiary/aromatic N) is 4. The summed E-state index contributed by atoms with van der Waals surface area (Å²) in [4.78, 5) is 58.6. The molecule has 0 aliphatic heterocycles. The number of rotatable bonds is 18. The maximum Gasteiger partial charge on any atom is 0.410 e. The Labute approximate surface area is 304 Å². The molecule has 0 aromatic heterocycles. The van der Waals surface area contributed by atoms with Crippen molar-refractivity contribution in [3.63, 3.8) is 0 Å². The number of ether oxygens (including phenoxy) is 4. The van der Waals surface area contributed by atoms with Gasteiger partial charge in [0.2, 0.25) is 0 Å². The highest BCUT2D eigenvalue weighted by Gasteiger charge is 2.26. The Bertz CT molecular complexity index is 969. The average molecular weight is 713 g/mol. The predicted octanol–water partition coefficient (Wildman–Crippen LogP) is 8.87. The number of amides is 4. The minimum atomic E-state index is -0.680. The zero-order valence-electron chi connectivity index (χ0n) is 34.1. The standard InChI is InChI=1S/C38H72N4O8/c1-15-17-23-39(31(43)47-35(3,4)5)27-21-29-41(33(45)49-37(9,10)11)25-19-20-26-42(34(46)50-38(12,13)14)30-22-28-40(24-18-16-2)32(44)48-36(6,7)8/h19-20H,15-18,21-30H2,1-14H3. The summed E-state index contributed by atoms with van der Waals surface area (Å²) in [7, 11) is 0. The molecule has 0 heterocycles. The van der Waals surface area contributed by atoms with Crippen LogP contribution < -0.4 is 0 Å². The fourth-order valence-electron chi connectivity index (χ4n) is 4.42. The van der Waals surface area contributed by atoms with Gasteiger partial charge in [0.1, 0.15) is 22.4 Å². The molecular weight excluding hydrogens is 640 g/mol. The monoisotopic (exact) mass is 713 g/mol. The first-order chi connectivity index (χ1) is 22.9. The van der Waals surface area contributed by atoms with Crippen LogP contribution in [0.4, 0.5) is 19.2 Å². The molecule has 12 nitrogen and oxygen atoms in total. The van der Waals surface area contributed by atoms with Crippen LogP contribution in [0.15, 0.2) is 12.2 Å². The van der Waals surface area contributed by atoms with Gasteiger partial charge in [-0.2, -0.15) is 0 Å². The lowest BCUT2D eigenvalue weighted by molar-refractivity contribution is 0.0191. The van der Waals surface area contributed by atoms with E-state index in [1.807, 2.05) is 95.2 Å². The van der Waals surface area contributed by atoms with Crippen molar-refractivity contribution in [3.05, 3.63) is 12.2 Å². The van der Waals surface area contributed by atoms with Gasteiger partial charge in [-0.25, -0.2) is 19.2 Å². The van der Waals surface area contributed by atoms with Crippen molar-refractivity contribution in [2.24, 2.45) is 0 Å². The van der Waals surface area contributed by atoms with Crippen LogP contribution in [0.2, 0.25) is 0 Å². The molecule has 0 unspecified atom stereocenters. The van der Waals surface area contributed by atoms with Crippen LogP contribution in [0.5, 0.6) is 0 Å². The highest BCUT2D eigenvalue weighted by molar-refractivity contribution is 5.70. The fraction of sp³-hybridized carbons (Fsp3) is 0.842. The number of hydrogen-bond acceptors (Lipinski definition) is 8. The van der Waals surface area contributed by atoms with E-state index >= 15 is 0 Å². The Hall–Kier alpha value is -3.18. The number of unbranched alkanes of at least 4 members (excludes halogenated alkanes) is 2. The Morgan fingerprint density at radius 2 is 0.620 bits per heavy atom. The minimum Gasteiger partial charge on any atom is -0.444 e. The molecule has 0 aliphatic carbocycles. The van der Waals surface area contributed by atoms with Gasteiger partial charge in [-0.05, 0) is 109 Å². The second-order valence-electron chi connectivity index (χ2n) is 16.7. The first-order valence-electron chi connectivity index (χ1n) is 18.4. The summed E-state index contributed by atoms with van der Waals surface area (Å²) in [6.45, 7) is 29.3. The van der Waals surface area contributed by atoms with E-state index in [2.05, 4.69) is 13.8 Å². The van der Waals surface area contributed by atoms with E-state index in [0.717, 1.165) is 25.7 Å². The first kappa shape index (κ1) is 46.8. The lowest BCUT2D eigenvalue weighted by atomic mass is 10.2. The summed E-state index contributed by atoms with van der Waals surface area (Å²) in [5.74, 6) is 0. The minimum absolute atomic E-state index is 0.252. The third-order valence-corrected chi connectivity index (χ3v) is 6.70. The van der Waals surface area contributed by atoms with Gasteiger partial charge in [0.15, 0.2) is 0 Å². The van der Waals surface area contributed by atoms with Crippen molar-refractivity contribution in [1.82, 2.24) is 19.6 Å². The molecule has 0 aromatic rings. The van der Waals surface area contributed by atoms with Gasteiger partial charge in [0, 0.05) is 52.4 Å². The van der Waals surface area contributed by atoms with Crippen molar-refractivity contribution in [2.45, 2.75) is 158 Å². The second-order valence-corrected chi connectivity index (χ2v) is 16.7. The zero-order valence-corrected chi connectivity index (χ0v) is 34.1. The van der Waals surface area contributed by atoms with Gasteiger partial charge in [0.05, 0.1) is 0 Å². The Morgan fingerprint density at radius 1 is 0.400 bits per heavy atom. The van der Waals surface area contributed by atoms with Gasteiger partial charge in [-0.3, -0.25) is 0 Å². The normalized spacial score (nSPS) is 12.4. The van der Waals surface area contributed by atoms with Crippen LogP contribution in [0.25, 0.3) is 0 Å². The van der Waals surface area contributed by atoms with Crippen molar-refractivity contribution in [3.8, 4) is 0 Å². The summed E-state index contributed by atoms with van der Waals surface area (Å²) < 4.78 is 22.6. The molecule has 12 heteroatoms. The Morgan fingerprint density at radius 3 is 0.860 bits per heavy atom. The van der Waals surface area contributed by atoms with Crippen LogP contribution in [-0.4, -0.2) is 119 Å². The van der Waals surface area contributed by atoms with Crippen molar-refractivity contribution >= 4 is 24.4 Å². The molecule has 0 saturated heterocycles. The molecular formula is C38H72N4O8. The number of carbonyl (C=O) groups excluding carboxylic acids is 4. The maximum atomic E-state index is 13.2. The quantitative estimate of drug-likeness (QED) is 0.102. The SMILES string of the molecule is CCCCN(CCCN(CC=CCN(CCCN(CCCC)C(=O)OC(C)(C)C)C(=O)OC(C)(C)C)C(=O)OC(C)(C)C)C(=O)OC(C)(C)C. The Balaban J connectivity index is 5.74. The van der Waals surface area contributed by atoms with Gasteiger partial charge in [0.25, 0.3) is 0 Å². The highest BCUT2D eigenvalue weighted by Crippen LogP contribution is 2.15. The number of carbonyl (C=O) groups is 4. The fourth-order valence-corrected chi connectivity index (χ4v) is 4.42. The molecule has 0 atom stereocenters. The lowest BCUT2D eigenvalue weighted by Gasteiger charge is -2.30. The molecule has 0 N–H and O–H groups in total. The molecule has 292 valence electrons. The van der Waals surface area contributed by atoms with E-state index < -0.39 is 34.6 Å². The van der Waals surface area contributed by atoms with Gasteiger partial charge < -0.3 is 38.5 Å². The molecule has 50 heavy (non-hydrogen) atoms. The molecule has 0 spiro atoms. The topological polar surface area (TPSA) is 118 Å². The third kappa shape index (κ3) is 24.1. The van der Waals surface area contributed by atoms with E-state index in [-0.39, 0.29) is 25.3 Å². The highest BCUT2D eigenvalue weighted by atomic mass is 16.6. The van der Waals surface area contributed by atoms with Crippen LogP contribution >= 0.6 is 0 Å². The van der Waals surface area contributed by atoms with Crippen LogP contribution in [0.1, 0.15) is 135 Å². The van der Waals surface area contributed by atoms with Gasteiger partial charge in [-0.1, -0.05) is 38.8 Å². The summed E-state index contributed by atoms with van der Waals surface area (Å²) >= 11 is 0. The van der Waals surface area contributed by atoms with E-state index in [1.54, 1.807) is 19.6 Å². The lowest BCUT2D eigenvalue weighted by Crippen LogP contribution is -2.41. The van der Waals surface area contributed by atoms with E-state index in [4.69, 9.17) is 18.9 Å². The summed E-state index contributed by atoms with van der Waals surface area (Å²) in [5.41, 5.74) is -2.57. The molecule has 0 rings (SSSR count). The van der Waals surface area contributed by atoms with E-state index in [1.165, 1.54) is 0 Å². The maximum absolute atomic E-state index is 13.2. The van der Waals surface area contributed by atoms with E-state index in [9.17, 15) is 19.2 Å². The molecule has 0 aromatic carbocycles. The summed E-state index contributed by atoms with van der Waals surface area (Å²) in [6, 6.07) is 0. The van der Waals surface area contributed by atoms with Crippen molar-refractivity contribution < 1.29 is 38.1 Å². The molecule has 0 radical (unpaired) electrons. The molecule has 0 bridgehead atoms. The summed E-state index contributed by atoms with van der Waals surface area (Å²) in [5, 5.41) is 0. The summed E-state index contributed by atoms with van der Waals surface area (Å²) in [6.07, 6.45) is 6.66. The first-order valence-corrected chi connectivity index (χ1v) is 18.4. The molecule has 0 saturated carbocycles. The predicted molar refractivity (Wildman–Crippen MR) is 199 cm³/mol. The van der Waals surface area contributed by atoms with Gasteiger partial charge >= 0.3 is 24.4 Å². The van der Waals surface area contributed by atoms with Crippen LogP contribution in [0.3, 0.4) is 0 Å². The zero-order chi connectivity index (χ0) is 38.8. The van der Waals surface area contributed by atoms with Crippen LogP contribution in [-0.2, 0) is 18.9 Å². The largest absolute Gasteiger partial charge is 0.444 e. The molecule has 4 amide bonds. The Kier molecular flexibility index (Phi) is 20.5.